The van der Waals surface area contributed by atoms with Crippen molar-refractivity contribution in [2.24, 2.45) is 0 Å². The highest BCUT2D eigenvalue weighted by atomic mass is 32.5. The summed E-state index contributed by atoms with van der Waals surface area (Å²) in [5.41, 5.74) is -1.92. The first kappa shape index (κ1) is 20.2. The Morgan fingerprint density at radius 3 is 1.73 bits per heavy atom. The van der Waals surface area contributed by atoms with Crippen LogP contribution in [0.5, 0.6) is 5.75 Å². The van der Waals surface area contributed by atoms with Crippen LogP contribution in [0.2, 0.25) is 0 Å². The fraction of sp³-hybridized carbons (Fsp3) is 0.143. The molecule has 0 unspecified atom stereocenters. The normalized spacial score (nSPS) is 15.3. The average molecular weight is 414 g/mol. The van der Waals surface area contributed by atoms with Gasteiger partial charge < -0.3 is 4.74 Å². The summed E-state index contributed by atoms with van der Waals surface area (Å²) >= 11 is 0. The molecule has 0 atom stereocenters. The van der Waals surface area contributed by atoms with Gasteiger partial charge in [0, 0.05) is 6.07 Å². The zero-order valence-electron chi connectivity index (χ0n) is 12.5. The largest absolute Gasteiger partial charge is 0.432 e. The molecule has 0 bridgehead atoms. The quantitative estimate of drug-likeness (QED) is 0.481. The second-order valence-electron chi connectivity index (χ2n) is 5.28. The van der Waals surface area contributed by atoms with Gasteiger partial charge in [0.15, 0.2) is 0 Å². The average Bonchev–Trinajstić information content (AvgIpc) is 2.32. The fourth-order valence-corrected chi connectivity index (χ4v) is 2.79. The molecule has 2 aromatic rings. The summed E-state index contributed by atoms with van der Waals surface area (Å²) in [5, 5.41) is 0. The second-order valence-corrected chi connectivity index (χ2v) is 7.66. The molecule has 0 aromatic heterocycles. The lowest BCUT2D eigenvalue weighted by Gasteiger charge is -2.40. The van der Waals surface area contributed by atoms with Gasteiger partial charge in [0.25, 0.3) is 0 Å². The predicted octanol–water partition coefficient (Wildman–Crippen LogP) is 7.20. The topological polar surface area (TPSA) is 9.23 Å². The van der Waals surface area contributed by atoms with Gasteiger partial charge in [-0.3, -0.25) is 0 Å². The van der Waals surface area contributed by atoms with E-state index in [2.05, 4.69) is 4.74 Å². The minimum Gasteiger partial charge on any atom is -0.429 e. The number of hydrogen-bond donors (Lipinski definition) is 0. The number of hydrogen-bond acceptors (Lipinski definition) is 1. The molecule has 2 rings (SSSR count). The lowest BCUT2D eigenvalue weighted by Crippen LogP contribution is -2.25. The Balaban J connectivity index is 2.45. The summed E-state index contributed by atoms with van der Waals surface area (Å²) in [6, 6.07) is 0.171. The Hall–Kier alpha value is -2.11. The summed E-state index contributed by atoms with van der Waals surface area (Å²) in [5.74, 6) is -7.38. The Morgan fingerprint density at radius 2 is 1.31 bits per heavy atom. The minimum absolute atomic E-state index is 0.0196. The van der Waals surface area contributed by atoms with E-state index in [0.717, 1.165) is 0 Å². The molecule has 0 aliphatic rings. The molecular formula is C14H8F10OS. The van der Waals surface area contributed by atoms with Gasteiger partial charge in [-0.1, -0.05) is 19.4 Å². The van der Waals surface area contributed by atoms with Crippen molar-refractivity contribution in [3.63, 3.8) is 0 Å². The van der Waals surface area contributed by atoms with E-state index in [0.29, 0.717) is 12.1 Å². The zero-order valence-corrected chi connectivity index (χ0v) is 13.3. The molecule has 0 aliphatic heterocycles. The van der Waals surface area contributed by atoms with Crippen molar-refractivity contribution in [3.8, 4) is 5.75 Å². The maximum Gasteiger partial charge on any atom is 0.432 e. The smallest absolute Gasteiger partial charge is 0.429 e. The van der Waals surface area contributed by atoms with Crippen LogP contribution in [-0.4, -0.2) is 0 Å². The third kappa shape index (κ3) is 4.17. The van der Waals surface area contributed by atoms with Gasteiger partial charge in [0.05, 0.1) is 0 Å². The van der Waals surface area contributed by atoms with Gasteiger partial charge in [0.2, 0.25) is 0 Å². The SMILES string of the molecule is Cc1cc(F)c(C(F)(F)Oc2ccc(S(F)(F)(F)(F)F)c(F)c2)c(F)c1. The molecule has 0 heterocycles. The maximum atomic E-state index is 13.9. The van der Waals surface area contributed by atoms with Crippen molar-refractivity contribution in [1.82, 2.24) is 0 Å². The van der Waals surface area contributed by atoms with Crippen LogP contribution < -0.4 is 4.74 Å². The van der Waals surface area contributed by atoms with Crippen LogP contribution in [0.15, 0.2) is 35.2 Å². The van der Waals surface area contributed by atoms with Gasteiger partial charge in [-0.15, -0.1) is 0 Å². The first-order valence-corrected chi connectivity index (χ1v) is 8.42. The van der Waals surface area contributed by atoms with E-state index in [1.165, 1.54) is 6.92 Å². The summed E-state index contributed by atoms with van der Waals surface area (Å²) in [6.07, 6.45) is -4.76. The van der Waals surface area contributed by atoms with E-state index in [1.807, 2.05) is 0 Å². The molecule has 0 spiro atoms. The van der Waals surface area contributed by atoms with Crippen molar-refractivity contribution in [2.45, 2.75) is 17.9 Å². The Labute approximate surface area is 139 Å². The molecule has 0 radical (unpaired) electrons. The maximum absolute atomic E-state index is 13.9. The van der Waals surface area contributed by atoms with Crippen molar-refractivity contribution in [2.75, 3.05) is 0 Å². The van der Waals surface area contributed by atoms with Crippen LogP contribution >= 0.6 is 10.2 Å². The molecule has 0 aliphatic carbocycles. The summed E-state index contributed by atoms with van der Waals surface area (Å²) in [4.78, 5) is -2.94. The van der Waals surface area contributed by atoms with Gasteiger partial charge in [-0.25, -0.2) is 13.2 Å². The number of aryl methyl sites for hydroxylation is 1. The monoisotopic (exact) mass is 414 g/mol. The lowest BCUT2D eigenvalue weighted by atomic mass is 10.1. The summed E-state index contributed by atoms with van der Waals surface area (Å²) < 4.78 is 135. The zero-order chi connectivity index (χ0) is 20.2. The molecule has 146 valence electrons. The van der Waals surface area contributed by atoms with Gasteiger partial charge >= 0.3 is 16.3 Å². The van der Waals surface area contributed by atoms with Crippen molar-refractivity contribution in [1.29, 1.82) is 0 Å². The Kier molecular flexibility index (Phi) is 4.05. The van der Waals surface area contributed by atoms with Crippen LogP contribution in [0.1, 0.15) is 11.1 Å². The molecule has 0 saturated carbocycles. The van der Waals surface area contributed by atoms with Crippen LogP contribution in [-0.2, 0) is 6.11 Å². The Bertz CT molecular complexity index is 853. The molecule has 0 amide bonds. The highest BCUT2D eigenvalue weighted by molar-refractivity contribution is 8.45. The molecule has 2 aromatic carbocycles. The van der Waals surface area contributed by atoms with Gasteiger partial charge in [0.1, 0.15) is 33.7 Å². The fourth-order valence-electron chi connectivity index (χ4n) is 2.03. The summed E-state index contributed by atoms with van der Waals surface area (Å²) in [6.45, 7) is 1.20. The first-order chi connectivity index (χ1) is 11.4. The van der Waals surface area contributed by atoms with Gasteiger partial charge in [-0.05, 0) is 36.8 Å². The van der Waals surface area contributed by atoms with Gasteiger partial charge in [-0.2, -0.15) is 8.78 Å². The number of halogens is 10. The first-order valence-electron chi connectivity index (χ1n) is 6.47. The van der Waals surface area contributed by atoms with Crippen LogP contribution in [0.3, 0.4) is 0 Å². The minimum atomic E-state index is -10.4. The van der Waals surface area contributed by atoms with Crippen molar-refractivity contribution < 1.29 is 46.1 Å². The molecule has 1 nitrogen and oxygen atoms in total. The van der Waals surface area contributed by atoms with Crippen molar-refractivity contribution >= 4 is 10.2 Å². The van der Waals surface area contributed by atoms with E-state index < -0.39 is 56.1 Å². The highest BCUT2D eigenvalue weighted by Gasteiger charge is 2.67. The number of alkyl halides is 2. The van der Waals surface area contributed by atoms with E-state index in [4.69, 9.17) is 0 Å². The van der Waals surface area contributed by atoms with E-state index >= 15 is 0 Å². The van der Waals surface area contributed by atoms with Crippen LogP contribution in [0, 0.1) is 24.4 Å². The van der Waals surface area contributed by atoms with Crippen molar-refractivity contribution in [3.05, 3.63) is 58.9 Å². The number of rotatable bonds is 4. The van der Waals surface area contributed by atoms with E-state index in [9.17, 15) is 41.4 Å². The molecule has 26 heavy (non-hydrogen) atoms. The summed E-state index contributed by atoms with van der Waals surface area (Å²) in [7, 11) is -10.4. The number of ether oxygens (including phenoxy) is 1. The van der Waals surface area contributed by atoms with Crippen LogP contribution in [0.25, 0.3) is 0 Å². The Morgan fingerprint density at radius 1 is 0.808 bits per heavy atom. The highest BCUT2D eigenvalue weighted by Crippen LogP contribution is 3.02. The second kappa shape index (κ2) is 5.21. The molecule has 0 saturated heterocycles. The molecular weight excluding hydrogens is 406 g/mol. The molecule has 12 heteroatoms. The van der Waals surface area contributed by atoms with Crippen LogP contribution in [0.4, 0.5) is 41.4 Å². The predicted molar refractivity (Wildman–Crippen MR) is 73.4 cm³/mol. The van der Waals surface area contributed by atoms with E-state index in [1.54, 1.807) is 0 Å². The third-order valence-corrected chi connectivity index (χ3v) is 4.20. The molecule has 0 N–H and O–H groups in total. The lowest BCUT2D eigenvalue weighted by molar-refractivity contribution is -0.189. The number of benzene rings is 2. The third-order valence-electron chi connectivity index (χ3n) is 3.04. The standard InChI is InChI=1S/C14H8F10OS/c1-7-4-10(16)13(11(17)5-7)14(18,19)25-8-2-3-12(9(15)6-8)26(20,21,22,23)24/h2-6H,1H3. The van der Waals surface area contributed by atoms with E-state index in [-0.39, 0.29) is 17.7 Å². The molecule has 0 fully saturated rings.